The summed E-state index contributed by atoms with van der Waals surface area (Å²) in [4.78, 5) is 17.8. The summed E-state index contributed by atoms with van der Waals surface area (Å²) < 4.78 is 13.7. The number of aromatic amines is 1. The second kappa shape index (κ2) is 6.36. The van der Waals surface area contributed by atoms with E-state index >= 15 is 0 Å². The number of carbonyl (C=O) groups excluding carboxylic acids is 1. The molecule has 1 aliphatic heterocycles. The van der Waals surface area contributed by atoms with Crippen molar-refractivity contribution < 1.29 is 9.18 Å². The van der Waals surface area contributed by atoms with E-state index in [-0.39, 0.29) is 11.7 Å². The first-order chi connectivity index (χ1) is 12.1. The number of likely N-dealkylation sites (tertiary alicyclic amines) is 1. The Morgan fingerprint density at radius 3 is 2.68 bits per heavy atom. The van der Waals surface area contributed by atoms with Gasteiger partial charge >= 0.3 is 0 Å². The van der Waals surface area contributed by atoms with Gasteiger partial charge in [-0.15, -0.1) is 0 Å². The predicted molar refractivity (Wildman–Crippen MR) is 97.3 cm³/mol. The van der Waals surface area contributed by atoms with Gasteiger partial charge in [-0.2, -0.15) is 0 Å². The summed E-state index contributed by atoms with van der Waals surface area (Å²) in [6.07, 6.45) is 3.96. The molecule has 3 aromatic rings. The lowest BCUT2D eigenvalue weighted by atomic mass is 9.89. The molecule has 1 saturated heterocycles. The summed E-state index contributed by atoms with van der Waals surface area (Å²) >= 11 is 0. The van der Waals surface area contributed by atoms with E-state index in [1.165, 1.54) is 17.0 Å². The number of nitrogens with one attached hydrogen (secondary N) is 1. The van der Waals surface area contributed by atoms with Crippen molar-refractivity contribution >= 4 is 16.8 Å². The van der Waals surface area contributed by atoms with Crippen LogP contribution in [0.25, 0.3) is 10.9 Å². The standard InChI is InChI=1S/C21H21FN2O/c1-14-6-7-16(12-19(14)22)21(25)24-10-8-15(9-11-24)18-13-23-20-5-3-2-4-17(18)20/h2-7,12-13,15,23H,8-11H2,1H3. The molecule has 1 fully saturated rings. The van der Waals surface area contributed by atoms with E-state index in [0.29, 0.717) is 30.1 Å². The fraction of sp³-hybridized carbons (Fsp3) is 0.286. The van der Waals surface area contributed by atoms with Gasteiger partial charge in [0, 0.05) is 35.8 Å². The van der Waals surface area contributed by atoms with Crippen LogP contribution in [-0.4, -0.2) is 28.9 Å². The molecule has 0 spiro atoms. The number of aryl methyl sites for hydroxylation is 1. The van der Waals surface area contributed by atoms with Crippen LogP contribution >= 0.6 is 0 Å². The predicted octanol–water partition coefficient (Wildman–Crippen LogP) is 4.64. The number of carbonyl (C=O) groups is 1. The maximum atomic E-state index is 13.7. The van der Waals surface area contributed by atoms with Crippen molar-refractivity contribution in [3.8, 4) is 0 Å². The third kappa shape index (κ3) is 2.93. The molecule has 0 unspecified atom stereocenters. The molecule has 3 nitrogen and oxygen atoms in total. The summed E-state index contributed by atoms with van der Waals surface area (Å²) in [5, 5.41) is 1.27. The summed E-state index contributed by atoms with van der Waals surface area (Å²) in [6, 6.07) is 13.1. The lowest BCUT2D eigenvalue weighted by molar-refractivity contribution is 0.0713. The van der Waals surface area contributed by atoms with Gasteiger partial charge in [0.15, 0.2) is 0 Å². The highest BCUT2D eigenvalue weighted by Gasteiger charge is 2.26. The molecule has 0 aliphatic carbocycles. The lowest BCUT2D eigenvalue weighted by Crippen LogP contribution is -2.37. The molecule has 1 aliphatic rings. The van der Waals surface area contributed by atoms with E-state index < -0.39 is 0 Å². The molecule has 2 aromatic carbocycles. The summed E-state index contributed by atoms with van der Waals surface area (Å²) in [7, 11) is 0. The highest BCUT2D eigenvalue weighted by atomic mass is 19.1. The highest BCUT2D eigenvalue weighted by Crippen LogP contribution is 2.33. The molecule has 2 heterocycles. The number of rotatable bonds is 2. The maximum Gasteiger partial charge on any atom is 0.253 e. The average Bonchev–Trinajstić information content (AvgIpc) is 3.08. The van der Waals surface area contributed by atoms with Crippen molar-refractivity contribution in [2.75, 3.05) is 13.1 Å². The van der Waals surface area contributed by atoms with E-state index in [2.05, 4.69) is 29.4 Å². The third-order valence-electron chi connectivity index (χ3n) is 5.26. The second-order valence-corrected chi connectivity index (χ2v) is 6.82. The first kappa shape index (κ1) is 15.9. The van der Waals surface area contributed by atoms with Crippen LogP contribution in [0.4, 0.5) is 4.39 Å². The number of benzene rings is 2. The van der Waals surface area contributed by atoms with Crippen LogP contribution in [0.2, 0.25) is 0 Å². The van der Waals surface area contributed by atoms with Crippen LogP contribution < -0.4 is 0 Å². The van der Waals surface area contributed by atoms with E-state index in [9.17, 15) is 9.18 Å². The van der Waals surface area contributed by atoms with E-state index in [4.69, 9.17) is 0 Å². The molecule has 1 aromatic heterocycles. The third-order valence-corrected chi connectivity index (χ3v) is 5.26. The Kier molecular flexibility index (Phi) is 4.04. The average molecular weight is 336 g/mol. The minimum absolute atomic E-state index is 0.0729. The van der Waals surface area contributed by atoms with Crippen molar-refractivity contribution in [2.45, 2.75) is 25.7 Å². The number of halogens is 1. The molecule has 1 N–H and O–H groups in total. The number of H-pyrrole nitrogens is 1. The number of aromatic nitrogens is 1. The fourth-order valence-electron chi connectivity index (χ4n) is 3.73. The zero-order valence-corrected chi connectivity index (χ0v) is 14.3. The smallest absolute Gasteiger partial charge is 0.253 e. The van der Waals surface area contributed by atoms with Crippen molar-refractivity contribution in [1.29, 1.82) is 0 Å². The highest BCUT2D eigenvalue weighted by molar-refractivity contribution is 5.94. The number of nitrogens with zero attached hydrogens (tertiary/aromatic N) is 1. The molecule has 0 radical (unpaired) electrons. The zero-order chi connectivity index (χ0) is 17.4. The molecule has 4 heteroatoms. The molecule has 0 atom stereocenters. The number of hydrogen-bond acceptors (Lipinski definition) is 1. The van der Waals surface area contributed by atoms with Crippen LogP contribution in [0.1, 0.15) is 40.2 Å². The summed E-state index contributed by atoms with van der Waals surface area (Å²) in [6.45, 7) is 3.12. The Balaban J connectivity index is 1.47. The first-order valence-electron chi connectivity index (χ1n) is 8.75. The maximum absolute atomic E-state index is 13.7. The molecule has 0 bridgehead atoms. The largest absolute Gasteiger partial charge is 0.361 e. The van der Waals surface area contributed by atoms with Crippen LogP contribution in [-0.2, 0) is 0 Å². The molecule has 25 heavy (non-hydrogen) atoms. The van der Waals surface area contributed by atoms with Crippen LogP contribution in [0.15, 0.2) is 48.7 Å². The lowest BCUT2D eigenvalue weighted by Gasteiger charge is -2.32. The van der Waals surface area contributed by atoms with Crippen LogP contribution in [0.5, 0.6) is 0 Å². The Bertz CT molecular complexity index is 923. The molecule has 128 valence electrons. The molecular weight excluding hydrogens is 315 g/mol. The van der Waals surface area contributed by atoms with Gasteiger partial charge in [0.05, 0.1) is 0 Å². The van der Waals surface area contributed by atoms with Gasteiger partial charge in [-0.25, -0.2) is 4.39 Å². The number of piperidine rings is 1. The summed E-state index contributed by atoms with van der Waals surface area (Å²) in [5.74, 6) is 0.0609. The molecule has 0 saturated carbocycles. The van der Waals surface area contributed by atoms with Gasteiger partial charge in [0.25, 0.3) is 5.91 Å². The second-order valence-electron chi connectivity index (χ2n) is 6.82. The van der Waals surface area contributed by atoms with Gasteiger partial charge in [0.2, 0.25) is 0 Å². The monoisotopic (exact) mass is 336 g/mol. The van der Waals surface area contributed by atoms with Gasteiger partial charge in [-0.05, 0) is 55.0 Å². The Labute approximate surface area is 146 Å². The normalized spacial score (nSPS) is 15.7. The number of para-hydroxylation sites is 1. The zero-order valence-electron chi connectivity index (χ0n) is 14.3. The number of amides is 1. The van der Waals surface area contributed by atoms with E-state index in [1.54, 1.807) is 19.1 Å². The van der Waals surface area contributed by atoms with Crippen molar-refractivity contribution in [2.24, 2.45) is 0 Å². The molecule has 1 amide bonds. The van der Waals surface area contributed by atoms with E-state index in [1.807, 2.05) is 11.0 Å². The number of hydrogen-bond donors (Lipinski definition) is 1. The minimum atomic E-state index is -0.320. The SMILES string of the molecule is Cc1ccc(C(=O)N2CCC(c3c[nH]c4ccccc34)CC2)cc1F. The van der Waals surface area contributed by atoms with Gasteiger partial charge in [-0.1, -0.05) is 24.3 Å². The van der Waals surface area contributed by atoms with Crippen molar-refractivity contribution in [3.05, 3.63) is 71.2 Å². The Morgan fingerprint density at radius 1 is 1.16 bits per heavy atom. The number of fused-ring (bicyclic) bond motifs is 1. The molecule has 4 rings (SSSR count). The quantitative estimate of drug-likeness (QED) is 0.727. The van der Waals surface area contributed by atoms with Crippen LogP contribution in [0.3, 0.4) is 0 Å². The van der Waals surface area contributed by atoms with Crippen molar-refractivity contribution in [3.63, 3.8) is 0 Å². The fourth-order valence-corrected chi connectivity index (χ4v) is 3.73. The first-order valence-corrected chi connectivity index (χ1v) is 8.75. The topological polar surface area (TPSA) is 36.1 Å². The van der Waals surface area contributed by atoms with Gasteiger partial charge < -0.3 is 9.88 Å². The Hall–Kier alpha value is -2.62. The van der Waals surface area contributed by atoms with Crippen molar-refractivity contribution in [1.82, 2.24) is 9.88 Å². The van der Waals surface area contributed by atoms with Crippen LogP contribution in [0, 0.1) is 12.7 Å². The minimum Gasteiger partial charge on any atom is -0.361 e. The van der Waals surface area contributed by atoms with E-state index in [0.717, 1.165) is 18.4 Å². The Morgan fingerprint density at radius 2 is 1.92 bits per heavy atom. The van der Waals surface area contributed by atoms with Gasteiger partial charge in [-0.3, -0.25) is 4.79 Å². The molecular formula is C21H21FN2O. The van der Waals surface area contributed by atoms with Gasteiger partial charge in [0.1, 0.15) is 5.82 Å². The summed E-state index contributed by atoms with van der Waals surface area (Å²) in [5.41, 5.74) is 3.50.